The Morgan fingerprint density at radius 2 is 1.81 bits per heavy atom. The molecule has 4 aromatic rings. The van der Waals surface area contributed by atoms with E-state index in [1.165, 1.54) is 28.6 Å². The number of ether oxygens (including phenoxy) is 1. The highest BCUT2D eigenvalue weighted by Crippen LogP contribution is 2.28. The Balaban J connectivity index is 1.32. The summed E-state index contributed by atoms with van der Waals surface area (Å²) in [5, 5.41) is 12.3. The molecule has 0 radical (unpaired) electrons. The molecular formula is C32H33ClFN5O3S. The Bertz CT molecular complexity index is 1600. The summed E-state index contributed by atoms with van der Waals surface area (Å²) in [5.41, 5.74) is 1.80. The van der Waals surface area contributed by atoms with E-state index < -0.39 is 6.04 Å². The molecule has 0 saturated carbocycles. The van der Waals surface area contributed by atoms with E-state index in [1.807, 2.05) is 42.2 Å². The smallest absolute Gasteiger partial charge is 0.274 e. The number of carbonyl (C=O) groups excluding carboxylic acids is 1. The lowest BCUT2D eigenvalue weighted by Crippen LogP contribution is -2.59. The van der Waals surface area contributed by atoms with Crippen LogP contribution in [0.5, 0.6) is 5.75 Å². The van der Waals surface area contributed by atoms with E-state index in [9.17, 15) is 14.0 Å². The molecule has 2 N–H and O–H groups in total. The minimum atomic E-state index is -0.433. The summed E-state index contributed by atoms with van der Waals surface area (Å²) in [7, 11) is 1.59. The molecule has 5 rings (SSSR count). The quantitative estimate of drug-likeness (QED) is 0.255. The van der Waals surface area contributed by atoms with Gasteiger partial charge in [-0.05, 0) is 98.6 Å². The van der Waals surface area contributed by atoms with Crippen LogP contribution in [0.15, 0.2) is 93.6 Å². The molecule has 3 aromatic carbocycles. The van der Waals surface area contributed by atoms with Gasteiger partial charge in [0, 0.05) is 46.8 Å². The SMILES string of the molecule is COc1ccc(-n2nc(Sc3ccc(Cl)cc3)cc(CC[C@H](C)NC(=O)[C@@H]3CNCCN3c3ccc(F)cc3)c2=O)cc1. The van der Waals surface area contributed by atoms with E-state index in [2.05, 4.69) is 15.7 Å². The van der Waals surface area contributed by atoms with Gasteiger partial charge in [0.1, 0.15) is 22.6 Å². The normalized spacial score (nSPS) is 15.6. The second-order valence-electron chi connectivity index (χ2n) is 10.3. The van der Waals surface area contributed by atoms with Gasteiger partial charge in [-0.25, -0.2) is 4.39 Å². The van der Waals surface area contributed by atoms with Gasteiger partial charge in [0.15, 0.2) is 0 Å². The van der Waals surface area contributed by atoms with Crippen molar-refractivity contribution in [3.05, 3.63) is 106 Å². The monoisotopic (exact) mass is 621 g/mol. The number of hydrogen-bond acceptors (Lipinski definition) is 7. The number of benzene rings is 3. The van der Waals surface area contributed by atoms with E-state index in [0.717, 1.165) is 17.1 Å². The third-order valence-corrected chi connectivity index (χ3v) is 8.42. The number of aryl methyl sites for hydroxylation is 1. The molecule has 8 nitrogen and oxygen atoms in total. The van der Waals surface area contributed by atoms with Gasteiger partial charge in [-0.1, -0.05) is 23.4 Å². The first kappa shape index (κ1) is 30.6. The number of methoxy groups -OCH3 is 1. The Hall–Kier alpha value is -3.86. The summed E-state index contributed by atoms with van der Waals surface area (Å²) in [6, 6.07) is 22.0. The molecule has 1 aromatic heterocycles. The Kier molecular flexibility index (Phi) is 10.0. The predicted octanol–water partition coefficient (Wildman–Crippen LogP) is 5.10. The highest BCUT2D eigenvalue weighted by atomic mass is 35.5. The summed E-state index contributed by atoms with van der Waals surface area (Å²) >= 11 is 7.50. The number of piperazine rings is 1. The molecule has 0 spiro atoms. The fraction of sp³-hybridized carbons (Fsp3) is 0.281. The number of nitrogens with one attached hydrogen (secondary N) is 2. The third-order valence-electron chi connectivity index (χ3n) is 7.26. The minimum Gasteiger partial charge on any atom is -0.497 e. The first-order valence-corrected chi connectivity index (χ1v) is 15.2. The van der Waals surface area contributed by atoms with Crippen molar-refractivity contribution in [2.24, 2.45) is 0 Å². The molecule has 2 heterocycles. The third kappa shape index (κ3) is 7.76. The summed E-state index contributed by atoms with van der Waals surface area (Å²) in [5.74, 6) is 0.248. The molecule has 224 valence electrons. The van der Waals surface area contributed by atoms with Crippen molar-refractivity contribution in [2.75, 3.05) is 31.6 Å². The van der Waals surface area contributed by atoms with Crippen molar-refractivity contribution >= 4 is 35.0 Å². The maximum Gasteiger partial charge on any atom is 0.274 e. The van der Waals surface area contributed by atoms with Gasteiger partial charge >= 0.3 is 0 Å². The molecular weight excluding hydrogens is 589 g/mol. The number of carbonyl (C=O) groups is 1. The second-order valence-corrected chi connectivity index (χ2v) is 11.8. The number of halogens is 2. The van der Waals surface area contributed by atoms with Gasteiger partial charge in [-0.2, -0.15) is 9.78 Å². The van der Waals surface area contributed by atoms with Crippen molar-refractivity contribution in [1.29, 1.82) is 0 Å². The molecule has 2 atom stereocenters. The van der Waals surface area contributed by atoms with Crippen molar-refractivity contribution in [3.8, 4) is 11.4 Å². The van der Waals surface area contributed by atoms with Crippen LogP contribution in [0.3, 0.4) is 0 Å². The Labute approximate surface area is 259 Å². The first-order valence-electron chi connectivity index (χ1n) is 14.0. The van der Waals surface area contributed by atoms with Crippen LogP contribution in [0, 0.1) is 5.82 Å². The summed E-state index contributed by atoms with van der Waals surface area (Å²) in [4.78, 5) is 29.9. The predicted molar refractivity (Wildman–Crippen MR) is 168 cm³/mol. The number of aromatic nitrogens is 2. The molecule has 43 heavy (non-hydrogen) atoms. The summed E-state index contributed by atoms with van der Waals surface area (Å²) in [6.07, 6.45) is 0.993. The average molecular weight is 622 g/mol. The zero-order valence-electron chi connectivity index (χ0n) is 23.9. The molecule has 0 unspecified atom stereocenters. The van der Waals surface area contributed by atoms with Crippen LogP contribution in [0.4, 0.5) is 10.1 Å². The molecule has 1 aliphatic rings. The fourth-order valence-corrected chi connectivity index (χ4v) is 5.90. The fourth-order valence-electron chi connectivity index (χ4n) is 4.93. The van der Waals surface area contributed by atoms with E-state index in [0.29, 0.717) is 53.0 Å². The standard InChI is InChI=1S/C32H33ClFN5O3S/c1-21(36-31(40)29-20-35-17-18-38(29)25-9-7-24(34)8-10-25)3-4-22-19-30(43-28-15-5-23(33)6-16-28)37-39(32(22)41)26-11-13-27(42-2)14-12-26/h5-16,19,21,29,35H,3-4,17-18,20H2,1-2H3,(H,36,40)/t21-,29-/m0/s1. The molecule has 0 aliphatic carbocycles. The lowest BCUT2D eigenvalue weighted by molar-refractivity contribution is -0.123. The van der Waals surface area contributed by atoms with Crippen LogP contribution in [0.1, 0.15) is 18.9 Å². The summed E-state index contributed by atoms with van der Waals surface area (Å²) < 4.78 is 20.2. The topological polar surface area (TPSA) is 88.5 Å². The zero-order valence-corrected chi connectivity index (χ0v) is 25.5. The van der Waals surface area contributed by atoms with Crippen LogP contribution in [-0.4, -0.2) is 54.5 Å². The molecule has 1 saturated heterocycles. The largest absolute Gasteiger partial charge is 0.497 e. The van der Waals surface area contributed by atoms with Crippen LogP contribution in [0.2, 0.25) is 5.02 Å². The van der Waals surface area contributed by atoms with Crippen molar-refractivity contribution < 1.29 is 13.9 Å². The Morgan fingerprint density at radius 1 is 1.12 bits per heavy atom. The average Bonchev–Trinajstić information content (AvgIpc) is 3.02. The molecule has 1 aliphatic heterocycles. The number of rotatable bonds is 10. The van der Waals surface area contributed by atoms with Gasteiger partial charge in [0.25, 0.3) is 5.56 Å². The first-order chi connectivity index (χ1) is 20.8. The number of amides is 1. The highest BCUT2D eigenvalue weighted by Gasteiger charge is 2.29. The number of anilines is 1. The van der Waals surface area contributed by atoms with Crippen molar-refractivity contribution in [2.45, 2.75) is 41.8 Å². The van der Waals surface area contributed by atoms with Gasteiger partial charge in [-0.3, -0.25) is 9.59 Å². The molecule has 1 fully saturated rings. The van der Waals surface area contributed by atoms with Crippen molar-refractivity contribution in [1.82, 2.24) is 20.4 Å². The van der Waals surface area contributed by atoms with Gasteiger partial charge in [0.05, 0.1) is 12.8 Å². The number of hydrogen-bond donors (Lipinski definition) is 2. The van der Waals surface area contributed by atoms with Crippen LogP contribution < -0.4 is 25.8 Å². The Morgan fingerprint density at radius 3 is 2.51 bits per heavy atom. The maximum atomic E-state index is 13.6. The zero-order chi connectivity index (χ0) is 30.3. The lowest BCUT2D eigenvalue weighted by Gasteiger charge is -2.37. The lowest BCUT2D eigenvalue weighted by atomic mass is 10.1. The molecule has 11 heteroatoms. The number of nitrogens with zero attached hydrogens (tertiary/aromatic N) is 3. The minimum absolute atomic E-state index is 0.117. The van der Waals surface area contributed by atoms with Crippen molar-refractivity contribution in [3.63, 3.8) is 0 Å². The van der Waals surface area contributed by atoms with Crippen LogP contribution >= 0.6 is 23.4 Å². The molecule has 0 bridgehead atoms. The molecule has 1 amide bonds. The second kappa shape index (κ2) is 14.1. The van der Waals surface area contributed by atoms with Gasteiger partial charge in [-0.15, -0.1) is 0 Å². The van der Waals surface area contributed by atoms with E-state index in [-0.39, 0.29) is 23.3 Å². The van der Waals surface area contributed by atoms with Crippen LogP contribution in [-0.2, 0) is 11.2 Å². The summed E-state index contributed by atoms with van der Waals surface area (Å²) in [6.45, 7) is 3.78. The van der Waals surface area contributed by atoms with Crippen LogP contribution in [0.25, 0.3) is 5.69 Å². The van der Waals surface area contributed by atoms with Gasteiger partial charge in [0.2, 0.25) is 5.91 Å². The maximum absolute atomic E-state index is 13.6. The van der Waals surface area contributed by atoms with E-state index in [4.69, 9.17) is 16.3 Å². The van der Waals surface area contributed by atoms with Gasteiger partial charge < -0.3 is 20.3 Å². The van der Waals surface area contributed by atoms with E-state index in [1.54, 1.807) is 43.5 Å². The van der Waals surface area contributed by atoms with E-state index >= 15 is 0 Å². The highest BCUT2D eigenvalue weighted by molar-refractivity contribution is 7.99.